The average Bonchev–Trinajstić information content (AvgIpc) is 2.96. The minimum atomic E-state index is 0.167. The second-order valence-electron chi connectivity index (χ2n) is 8.36. The number of benzene rings is 3. The number of allylic oxidation sites excluding steroid dienone is 1. The first-order valence-corrected chi connectivity index (χ1v) is 10.8. The van der Waals surface area contributed by atoms with Crippen LogP contribution in [0.25, 0.3) is 21.9 Å². The van der Waals surface area contributed by atoms with Crippen LogP contribution in [0.4, 0.5) is 17.1 Å². The second-order valence-corrected chi connectivity index (χ2v) is 8.36. The Morgan fingerprint density at radius 1 is 0.844 bits per heavy atom. The third-order valence-electron chi connectivity index (χ3n) is 6.42. The van der Waals surface area contributed by atoms with Crippen molar-refractivity contribution in [3.8, 4) is 0 Å². The molecule has 2 aliphatic rings. The highest BCUT2D eigenvalue weighted by Crippen LogP contribution is 2.45. The maximum absolute atomic E-state index is 6.05. The number of hydrogen-bond donors (Lipinski definition) is 0. The molecule has 152 valence electrons. The van der Waals surface area contributed by atoms with Crippen LogP contribution in [-0.4, -0.2) is 10.8 Å². The summed E-state index contributed by atoms with van der Waals surface area (Å²) in [6.07, 6.45) is 6.22. The predicted molar refractivity (Wildman–Crippen MR) is 129 cm³/mol. The van der Waals surface area contributed by atoms with Gasteiger partial charge in [-0.2, -0.15) is 0 Å². The van der Waals surface area contributed by atoms with Gasteiger partial charge in [0.25, 0.3) is 0 Å². The zero-order valence-corrected chi connectivity index (χ0v) is 17.5. The predicted octanol–water partition coefficient (Wildman–Crippen LogP) is 7.17. The van der Waals surface area contributed by atoms with Crippen LogP contribution in [0.15, 0.2) is 101 Å². The summed E-state index contributed by atoms with van der Waals surface area (Å²) in [4.78, 5) is 11.7. The number of fused-ring (bicyclic) bond motifs is 9. The van der Waals surface area contributed by atoms with Gasteiger partial charge in [-0.05, 0) is 60.5 Å². The lowest BCUT2D eigenvalue weighted by Gasteiger charge is -2.29. The molecule has 2 aromatic heterocycles. The Labute approximate surface area is 185 Å². The van der Waals surface area contributed by atoms with Crippen LogP contribution in [0.2, 0.25) is 0 Å². The molecule has 4 heterocycles. The molecule has 0 spiro atoms. The van der Waals surface area contributed by atoms with Crippen molar-refractivity contribution < 1.29 is 4.42 Å². The first-order valence-electron chi connectivity index (χ1n) is 10.8. The molecule has 0 fully saturated rings. The van der Waals surface area contributed by atoms with Crippen molar-refractivity contribution in [2.45, 2.75) is 12.8 Å². The van der Waals surface area contributed by atoms with Gasteiger partial charge < -0.3 is 4.42 Å². The van der Waals surface area contributed by atoms with Crippen molar-refractivity contribution in [2.24, 2.45) is 4.99 Å². The lowest BCUT2D eigenvalue weighted by molar-refractivity contribution is 0.666. The third-order valence-corrected chi connectivity index (χ3v) is 6.42. The molecule has 4 nitrogen and oxygen atoms in total. The second kappa shape index (κ2) is 6.41. The number of nitrogens with zero attached hydrogens (tertiary/aromatic N) is 3. The molecule has 0 N–H and O–H groups in total. The molecule has 0 aliphatic carbocycles. The van der Waals surface area contributed by atoms with Gasteiger partial charge in [0.05, 0.1) is 17.6 Å². The van der Waals surface area contributed by atoms with Crippen molar-refractivity contribution >= 4 is 44.8 Å². The van der Waals surface area contributed by atoms with E-state index in [0.29, 0.717) is 0 Å². The fourth-order valence-electron chi connectivity index (χ4n) is 4.96. The van der Waals surface area contributed by atoms with E-state index in [0.717, 1.165) is 50.5 Å². The monoisotopic (exact) mass is 413 g/mol. The van der Waals surface area contributed by atoms with Gasteiger partial charge in [-0.3, -0.25) is 9.88 Å². The number of furan rings is 1. The van der Waals surface area contributed by atoms with Crippen LogP contribution in [0, 0.1) is 6.92 Å². The topological polar surface area (TPSA) is 41.6 Å². The number of aryl methyl sites for hydroxylation is 1. The van der Waals surface area contributed by atoms with Crippen LogP contribution in [-0.2, 0) is 0 Å². The molecule has 0 amide bonds. The molecule has 7 rings (SSSR count). The van der Waals surface area contributed by atoms with E-state index in [1.54, 1.807) is 6.20 Å². The molecular formula is C28H19N3O. The lowest BCUT2D eigenvalue weighted by Crippen LogP contribution is -2.25. The van der Waals surface area contributed by atoms with E-state index >= 15 is 0 Å². The summed E-state index contributed by atoms with van der Waals surface area (Å²) in [7, 11) is 0. The SMILES string of the molecule is Cc1cc2c(cn1)oc1ccc(N3C4=Nc5ccccc5C(C=C4)c4ccccc43)cc12. The average molecular weight is 413 g/mol. The zero-order valence-electron chi connectivity index (χ0n) is 17.5. The van der Waals surface area contributed by atoms with Crippen molar-refractivity contribution in [1.29, 1.82) is 0 Å². The molecular weight excluding hydrogens is 394 g/mol. The Bertz CT molecular complexity index is 1610. The third kappa shape index (κ3) is 2.44. The highest BCUT2D eigenvalue weighted by molar-refractivity contribution is 6.15. The summed E-state index contributed by atoms with van der Waals surface area (Å²) in [5, 5.41) is 2.17. The maximum Gasteiger partial charge on any atom is 0.153 e. The van der Waals surface area contributed by atoms with Crippen molar-refractivity contribution in [2.75, 3.05) is 4.90 Å². The standard InChI is InChI=1S/C28H19N3O/c1-17-14-22-23-15-18(10-12-26(23)32-27(22)16-29-17)31-25-9-5-3-7-21(25)19-11-13-28(31)30-24-8-4-2-6-20(19)24/h2-16,19H,1H3. The molecule has 32 heavy (non-hydrogen) atoms. The number of rotatable bonds is 1. The van der Waals surface area contributed by atoms with Crippen molar-refractivity contribution in [3.63, 3.8) is 0 Å². The lowest BCUT2D eigenvalue weighted by atomic mass is 9.89. The van der Waals surface area contributed by atoms with Crippen LogP contribution >= 0.6 is 0 Å². The van der Waals surface area contributed by atoms with Crippen molar-refractivity contribution in [1.82, 2.24) is 4.98 Å². The first-order chi connectivity index (χ1) is 15.8. The highest BCUT2D eigenvalue weighted by atomic mass is 16.3. The number of anilines is 2. The van der Waals surface area contributed by atoms with Gasteiger partial charge in [0.2, 0.25) is 0 Å². The summed E-state index contributed by atoms with van der Waals surface area (Å²) in [6.45, 7) is 2.01. The fraction of sp³-hybridized carbons (Fsp3) is 0.0714. The zero-order chi connectivity index (χ0) is 21.2. The minimum absolute atomic E-state index is 0.167. The smallest absolute Gasteiger partial charge is 0.153 e. The van der Waals surface area contributed by atoms with E-state index in [4.69, 9.17) is 9.41 Å². The van der Waals surface area contributed by atoms with Crippen molar-refractivity contribution in [3.05, 3.63) is 108 Å². The number of amidine groups is 1. The van der Waals surface area contributed by atoms with Gasteiger partial charge in [-0.1, -0.05) is 42.5 Å². The van der Waals surface area contributed by atoms with Gasteiger partial charge in [-0.15, -0.1) is 0 Å². The Hall–Kier alpha value is -4.18. The van der Waals surface area contributed by atoms with Crippen LogP contribution in [0.3, 0.4) is 0 Å². The minimum Gasteiger partial charge on any atom is -0.454 e. The molecule has 0 saturated carbocycles. The summed E-state index contributed by atoms with van der Waals surface area (Å²) in [6, 6.07) is 25.5. The van der Waals surface area contributed by atoms with E-state index in [2.05, 4.69) is 88.8 Å². The summed E-state index contributed by atoms with van der Waals surface area (Å²) < 4.78 is 6.05. The number of para-hydroxylation sites is 2. The Morgan fingerprint density at radius 2 is 1.66 bits per heavy atom. The first kappa shape index (κ1) is 17.5. The molecule has 2 aliphatic heterocycles. The van der Waals surface area contributed by atoms with Gasteiger partial charge in [0, 0.05) is 28.1 Å². The quantitative estimate of drug-likeness (QED) is 0.292. The molecule has 0 saturated heterocycles. The van der Waals surface area contributed by atoms with Gasteiger partial charge in [0.1, 0.15) is 11.4 Å². The van der Waals surface area contributed by atoms with Gasteiger partial charge in [0.15, 0.2) is 5.58 Å². The number of aliphatic imine (C=N–C) groups is 1. The fourth-order valence-corrected chi connectivity index (χ4v) is 4.96. The number of hydrogen-bond acceptors (Lipinski definition) is 4. The molecule has 3 aromatic carbocycles. The summed E-state index contributed by atoms with van der Waals surface area (Å²) in [5.41, 5.74) is 8.40. The van der Waals surface area contributed by atoms with Crippen LogP contribution in [0.1, 0.15) is 22.7 Å². The highest BCUT2D eigenvalue weighted by Gasteiger charge is 2.29. The number of aromatic nitrogens is 1. The Kier molecular flexibility index (Phi) is 3.50. The molecule has 1 unspecified atom stereocenters. The van der Waals surface area contributed by atoms with E-state index < -0.39 is 0 Å². The van der Waals surface area contributed by atoms with Crippen LogP contribution < -0.4 is 4.90 Å². The summed E-state index contributed by atoms with van der Waals surface area (Å²) >= 11 is 0. The van der Waals surface area contributed by atoms with Crippen LogP contribution in [0.5, 0.6) is 0 Å². The van der Waals surface area contributed by atoms with E-state index in [-0.39, 0.29) is 5.92 Å². The Balaban J connectivity index is 1.52. The van der Waals surface area contributed by atoms with E-state index in [1.165, 1.54) is 11.1 Å². The molecule has 1 atom stereocenters. The van der Waals surface area contributed by atoms with E-state index in [9.17, 15) is 0 Å². The maximum atomic E-state index is 6.05. The van der Waals surface area contributed by atoms with Gasteiger partial charge in [-0.25, -0.2) is 4.99 Å². The Morgan fingerprint density at radius 3 is 2.59 bits per heavy atom. The largest absolute Gasteiger partial charge is 0.454 e. The van der Waals surface area contributed by atoms with E-state index in [1.807, 2.05) is 13.0 Å². The normalized spacial score (nSPS) is 16.6. The molecule has 4 heteroatoms. The molecule has 5 aromatic rings. The number of pyridine rings is 1. The summed E-state index contributed by atoms with van der Waals surface area (Å²) in [5.74, 6) is 1.08. The molecule has 0 radical (unpaired) electrons. The van der Waals surface area contributed by atoms with Gasteiger partial charge >= 0.3 is 0 Å². The molecule has 2 bridgehead atoms.